The van der Waals surface area contributed by atoms with E-state index >= 15 is 0 Å². The lowest BCUT2D eigenvalue weighted by Crippen LogP contribution is -2.24. The molecule has 4 aromatic heterocycles. The number of carbonyl (C=O) groups excluding carboxylic acids is 1. The molecule has 0 bridgehead atoms. The number of furan rings is 2. The molecule has 0 saturated carbocycles. The lowest BCUT2D eigenvalue weighted by Gasteiger charge is -2.13. The normalized spacial score (nSPS) is 12.4. The van der Waals surface area contributed by atoms with Gasteiger partial charge in [0.1, 0.15) is 11.4 Å². The Hall–Kier alpha value is -4.17. The molecule has 0 fully saturated rings. The van der Waals surface area contributed by atoms with E-state index in [2.05, 4.69) is 52.1 Å². The lowest BCUT2D eigenvalue weighted by molar-refractivity contribution is -0.115. The van der Waals surface area contributed by atoms with Gasteiger partial charge < -0.3 is 23.7 Å². The first-order valence-electron chi connectivity index (χ1n) is 12.3. The molecule has 1 atom stereocenters. The number of benzene rings is 2. The van der Waals surface area contributed by atoms with Crippen LogP contribution in [0.15, 0.2) is 93.2 Å². The van der Waals surface area contributed by atoms with Crippen LogP contribution in [0.1, 0.15) is 20.3 Å². The Labute approximate surface area is 217 Å². The maximum Gasteiger partial charge on any atom is 0.237 e. The molecule has 2 N–H and O–H groups in total. The molecule has 0 aliphatic rings. The molecule has 6 aromatic rings. The van der Waals surface area contributed by atoms with E-state index in [-0.39, 0.29) is 11.2 Å². The summed E-state index contributed by atoms with van der Waals surface area (Å²) in [4.78, 5) is 21.4. The van der Waals surface area contributed by atoms with Gasteiger partial charge in [-0.3, -0.25) is 4.79 Å². The van der Waals surface area contributed by atoms with E-state index in [9.17, 15) is 4.79 Å². The second-order valence-electron chi connectivity index (χ2n) is 8.72. The van der Waals surface area contributed by atoms with Crippen LogP contribution in [0.25, 0.3) is 44.7 Å². The van der Waals surface area contributed by atoms with E-state index in [4.69, 9.17) is 13.8 Å². The predicted molar refractivity (Wildman–Crippen MR) is 148 cm³/mol. The maximum atomic E-state index is 13.3. The van der Waals surface area contributed by atoms with Crippen LogP contribution in [-0.4, -0.2) is 25.7 Å². The van der Waals surface area contributed by atoms with Gasteiger partial charge in [-0.05, 0) is 61.9 Å². The highest BCUT2D eigenvalue weighted by atomic mass is 32.2. The minimum atomic E-state index is -0.340. The van der Waals surface area contributed by atoms with Crippen molar-refractivity contribution in [1.82, 2.24) is 14.5 Å². The highest BCUT2D eigenvalue weighted by Gasteiger charge is 2.24. The average molecular weight is 511 g/mol. The molecule has 1 unspecified atom stereocenters. The van der Waals surface area contributed by atoms with Gasteiger partial charge in [-0.1, -0.05) is 36.9 Å². The summed E-state index contributed by atoms with van der Waals surface area (Å²) in [5, 5.41) is 5.73. The van der Waals surface area contributed by atoms with Crippen LogP contribution < -0.4 is 5.32 Å². The summed E-state index contributed by atoms with van der Waals surface area (Å²) in [7, 11) is 0. The molecule has 0 spiro atoms. The maximum absolute atomic E-state index is 13.3. The van der Waals surface area contributed by atoms with Crippen LogP contribution in [0.3, 0.4) is 0 Å². The summed E-state index contributed by atoms with van der Waals surface area (Å²) in [5.74, 6) is 1.22. The van der Waals surface area contributed by atoms with E-state index in [1.165, 1.54) is 22.7 Å². The molecule has 37 heavy (non-hydrogen) atoms. The molecule has 6 rings (SSSR count). The van der Waals surface area contributed by atoms with Crippen molar-refractivity contribution >= 4 is 45.2 Å². The Kier molecular flexibility index (Phi) is 6.10. The third-order valence-electron chi connectivity index (χ3n) is 6.48. The molecule has 0 aliphatic heterocycles. The number of nitrogens with zero attached hydrogens (tertiary/aromatic N) is 2. The standard InChI is InChI=1S/C29H26N4O3S/c1-3-25(37-29-31-26(23-11-7-15-35-23)27(32-29)24-12-8-16-36-24)28(34)30-18-13-14-22-20(17-18)19-9-5-6-10-21(19)33(22)4-2/h5-17,25H,3-4H2,1-2H3,(H,30,34)(H,31,32). The number of para-hydroxylation sites is 1. The summed E-state index contributed by atoms with van der Waals surface area (Å²) in [6, 6.07) is 21.9. The zero-order valence-electron chi connectivity index (χ0n) is 20.5. The van der Waals surface area contributed by atoms with Gasteiger partial charge in [-0.15, -0.1) is 0 Å². The fraction of sp³-hybridized carbons (Fsp3) is 0.172. The number of thioether (sulfide) groups is 1. The summed E-state index contributed by atoms with van der Waals surface area (Å²) >= 11 is 1.39. The Morgan fingerprint density at radius 1 is 0.973 bits per heavy atom. The van der Waals surface area contributed by atoms with Crippen LogP contribution in [-0.2, 0) is 11.3 Å². The van der Waals surface area contributed by atoms with Crippen molar-refractivity contribution in [2.24, 2.45) is 0 Å². The molecule has 0 saturated heterocycles. The Bertz CT molecular complexity index is 1630. The van der Waals surface area contributed by atoms with Crippen LogP contribution in [0, 0.1) is 0 Å². The van der Waals surface area contributed by atoms with E-state index in [1.54, 1.807) is 12.5 Å². The third kappa shape index (κ3) is 4.23. The van der Waals surface area contributed by atoms with Crippen molar-refractivity contribution in [3.8, 4) is 22.9 Å². The largest absolute Gasteiger partial charge is 0.463 e. The van der Waals surface area contributed by atoms with Crippen molar-refractivity contribution in [2.75, 3.05) is 5.32 Å². The Morgan fingerprint density at radius 2 is 1.73 bits per heavy atom. The number of imidazole rings is 1. The third-order valence-corrected chi connectivity index (χ3v) is 7.73. The molecule has 7 nitrogen and oxygen atoms in total. The highest BCUT2D eigenvalue weighted by molar-refractivity contribution is 8.00. The number of hydrogen-bond acceptors (Lipinski definition) is 5. The predicted octanol–water partition coefficient (Wildman–Crippen LogP) is 7.57. The van der Waals surface area contributed by atoms with Crippen molar-refractivity contribution in [2.45, 2.75) is 37.2 Å². The Morgan fingerprint density at radius 3 is 2.46 bits per heavy atom. The van der Waals surface area contributed by atoms with Crippen LogP contribution in [0.2, 0.25) is 0 Å². The van der Waals surface area contributed by atoms with Crippen LogP contribution >= 0.6 is 11.8 Å². The first-order valence-corrected chi connectivity index (χ1v) is 13.2. The Balaban J connectivity index is 1.27. The number of anilines is 1. The van der Waals surface area contributed by atoms with Gasteiger partial charge in [0.2, 0.25) is 5.91 Å². The van der Waals surface area contributed by atoms with E-state index < -0.39 is 0 Å². The van der Waals surface area contributed by atoms with Crippen LogP contribution in [0.5, 0.6) is 0 Å². The molecule has 0 radical (unpaired) electrons. The van der Waals surface area contributed by atoms with Gasteiger partial charge in [0.05, 0.1) is 17.8 Å². The minimum absolute atomic E-state index is 0.0680. The zero-order chi connectivity index (χ0) is 25.4. The summed E-state index contributed by atoms with van der Waals surface area (Å²) in [5.41, 5.74) is 4.51. The van der Waals surface area contributed by atoms with Crippen molar-refractivity contribution in [1.29, 1.82) is 0 Å². The number of amides is 1. The number of nitrogens with one attached hydrogen (secondary N) is 2. The molecule has 0 aliphatic carbocycles. The number of carbonyl (C=O) groups is 1. The molecular weight excluding hydrogens is 484 g/mol. The number of fused-ring (bicyclic) bond motifs is 3. The van der Waals surface area contributed by atoms with Gasteiger partial charge in [0.25, 0.3) is 0 Å². The molecule has 186 valence electrons. The minimum Gasteiger partial charge on any atom is -0.463 e. The van der Waals surface area contributed by atoms with Gasteiger partial charge in [0.15, 0.2) is 16.7 Å². The second-order valence-corrected chi connectivity index (χ2v) is 9.91. The molecule has 8 heteroatoms. The number of hydrogen-bond donors (Lipinski definition) is 2. The molecule has 4 heterocycles. The van der Waals surface area contributed by atoms with E-state index in [1.807, 2.05) is 43.3 Å². The van der Waals surface area contributed by atoms with Gasteiger partial charge >= 0.3 is 0 Å². The number of H-pyrrole nitrogens is 1. The summed E-state index contributed by atoms with van der Waals surface area (Å²) in [6.45, 7) is 5.03. The fourth-order valence-corrected chi connectivity index (χ4v) is 5.66. The quantitative estimate of drug-likeness (QED) is 0.206. The molecule has 1 amide bonds. The monoisotopic (exact) mass is 510 g/mol. The number of aryl methyl sites for hydroxylation is 1. The second kappa shape index (κ2) is 9.71. The molecule has 2 aromatic carbocycles. The van der Waals surface area contributed by atoms with Crippen molar-refractivity contribution < 1.29 is 13.6 Å². The SMILES string of the molecule is CCC(Sc1nc(-c2ccco2)c(-c2ccco2)[nH]1)C(=O)Nc1ccc2c(c1)c1ccccc1n2CC. The van der Waals surface area contributed by atoms with Gasteiger partial charge in [-0.25, -0.2) is 4.98 Å². The summed E-state index contributed by atoms with van der Waals surface area (Å²) in [6.07, 6.45) is 3.87. The average Bonchev–Trinajstić information content (AvgIpc) is 3.72. The van der Waals surface area contributed by atoms with Gasteiger partial charge in [0, 0.05) is 34.0 Å². The van der Waals surface area contributed by atoms with Gasteiger partial charge in [-0.2, -0.15) is 0 Å². The van der Waals surface area contributed by atoms with E-state index in [0.717, 1.165) is 28.8 Å². The number of aromatic nitrogens is 3. The van der Waals surface area contributed by atoms with Crippen molar-refractivity contribution in [3.05, 3.63) is 79.3 Å². The highest BCUT2D eigenvalue weighted by Crippen LogP contribution is 2.35. The first-order chi connectivity index (χ1) is 18.2. The first kappa shape index (κ1) is 23.2. The topological polar surface area (TPSA) is 89.0 Å². The van der Waals surface area contributed by atoms with Crippen molar-refractivity contribution in [3.63, 3.8) is 0 Å². The smallest absolute Gasteiger partial charge is 0.237 e. The zero-order valence-corrected chi connectivity index (χ0v) is 21.3. The fourth-order valence-electron chi connectivity index (χ4n) is 4.75. The van der Waals surface area contributed by atoms with E-state index in [0.29, 0.717) is 28.8 Å². The van der Waals surface area contributed by atoms with Crippen LogP contribution in [0.4, 0.5) is 5.69 Å². The lowest BCUT2D eigenvalue weighted by atomic mass is 10.1. The number of rotatable bonds is 8. The molecular formula is C29H26N4O3S. The number of aromatic amines is 1. The summed E-state index contributed by atoms with van der Waals surface area (Å²) < 4.78 is 13.5.